The first-order valence-corrected chi connectivity index (χ1v) is 5.89. The summed E-state index contributed by atoms with van der Waals surface area (Å²) in [6.45, 7) is 0.369. The number of hydrogen-bond donors (Lipinski definition) is 0. The zero-order valence-corrected chi connectivity index (χ0v) is 11.1. The van der Waals surface area contributed by atoms with Crippen molar-refractivity contribution in [2.75, 3.05) is 7.11 Å². The lowest BCUT2D eigenvalue weighted by Crippen LogP contribution is -1.98. The predicted molar refractivity (Wildman–Crippen MR) is 69.4 cm³/mol. The van der Waals surface area contributed by atoms with Crippen molar-refractivity contribution in [3.05, 3.63) is 46.3 Å². The lowest BCUT2D eigenvalue weighted by Gasteiger charge is -2.06. The highest BCUT2D eigenvalue weighted by atomic mass is 35.5. The Bertz CT molecular complexity index is 512. The average molecular weight is 285 g/mol. The van der Waals surface area contributed by atoms with Crippen LogP contribution in [0.2, 0.25) is 10.4 Å². The van der Waals surface area contributed by atoms with Crippen molar-refractivity contribution in [3.63, 3.8) is 0 Å². The molecule has 18 heavy (non-hydrogen) atoms. The third-order valence-corrected chi connectivity index (χ3v) is 2.55. The van der Waals surface area contributed by atoms with E-state index in [4.69, 9.17) is 32.7 Å². The highest BCUT2D eigenvalue weighted by Gasteiger charge is 2.03. The van der Waals surface area contributed by atoms with Crippen LogP contribution in [-0.2, 0) is 6.61 Å². The molecule has 0 saturated carbocycles. The summed E-state index contributed by atoms with van der Waals surface area (Å²) in [7, 11) is 1.62. The number of aromatic nitrogens is 2. The van der Waals surface area contributed by atoms with Crippen molar-refractivity contribution in [1.29, 1.82) is 0 Å². The average Bonchev–Trinajstić information content (AvgIpc) is 2.36. The maximum Gasteiger partial charge on any atom is 0.227 e. The molecule has 1 aromatic carbocycles. The van der Waals surface area contributed by atoms with Crippen molar-refractivity contribution in [2.24, 2.45) is 0 Å². The Morgan fingerprint density at radius 3 is 2.44 bits per heavy atom. The van der Waals surface area contributed by atoms with Crippen molar-refractivity contribution < 1.29 is 9.47 Å². The monoisotopic (exact) mass is 284 g/mol. The van der Waals surface area contributed by atoms with Crippen LogP contribution in [0, 0.1) is 0 Å². The SMILES string of the molecule is COc1ccc(COc2cc(Cl)nc(Cl)n2)cc1. The lowest BCUT2D eigenvalue weighted by atomic mass is 10.2. The van der Waals surface area contributed by atoms with E-state index in [9.17, 15) is 0 Å². The molecule has 0 bridgehead atoms. The fourth-order valence-electron chi connectivity index (χ4n) is 1.32. The van der Waals surface area contributed by atoms with Crippen LogP contribution in [0.3, 0.4) is 0 Å². The van der Waals surface area contributed by atoms with E-state index < -0.39 is 0 Å². The smallest absolute Gasteiger partial charge is 0.227 e. The molecule has 4 nitrogen and oxygen atoms in total. The molecule has 2 aromatic rings. The summed E-state index contributed by atoms with van der Waals surface area (Å²) in [6.07, 6.45) is 0. The minimum absolute atomic E-state index is 0.0623. The summed E-state index contributed by atoms with van der Waals surface area (Å²) in [4.78, 5) is 7.64. The number of methoxy groups -OCH3 is 1. The van der Waals surface area contributed by atoms with Gasteiger partial charge in [0.25, 0.3) is 0 Å². The van der Waals surface area contributed by atoms with Gasteiger partial charge in [-0.3, -0.25) is 0 Å². The molecule has 94 valence electrons. The Morgan fingerprint density at radius 1 is 1.11 bits per heavy atom. The van der Waals surface area contributed by atoms with E-state index in [1.54, 1.807) is 7.11 Å². The fraction of sp³-hybridized carbons (Fsp3) is 0.167. The summed E-state index contributed by atoms with van der Waals surface area (Å²) in [5, 5.41) is 0.312. The molecule has 1 heterocycles. The second-order valence-electron chi connectivity index (χ2n) is 3.43. The summed E-state index contributed by atoms with van der Waals surface area (Å²) >= 11 is 11.4. The third kappa shape index (κ3) is 3.48. The second kappa shape index (κ2) is 5.89. The minimum atomic E-state index is 0.0623. The van der Waals surface area contributed by atoms with E-state index in [2.05, 4.69) is 9.97 Å². The van der Waals surface area contributed by atoms with Gasteiger partial charge in [-0.2, -0.15) is 4.98 Å². The Kier molecular flexibility index (Phi) is 4.23. The van der Waals surface area contributed by atoms with Crippen LogP contribution in [0.15, 0.2) is 30.3 Å². The molecule has 0 aliphatic rings. The number of benzene rings is 1. The van der Waals surface area contributed by atoms with Gasteiger partial charge in [0.1, 0.15) is 17.5 Å². The van der Waals surface area contributed by atoms with Gasteiger partial charge >= 0.3 is 0 Å². The van der Waals surface area contributed by atoms with E-state index in [0.717, 1.165) is 11.3 Å². The van der Waals surface area contributed by atoms with Gasteiger partial charge in [-0.15, -0.1) is 0 Å². The van der Waals surface area contributed by atoms with Gasteiger partial charge in [0.15, 0.2) is 0 Å². The summed E-state index contributed by atoms with van der Waals surface area (Å²) < 4.78 is 10.5. The normalized spacial score (nSPS) is 10.2. The summed E-state index contributed by atoms with van der Waals surface area (Å²) in [6, 6.07) is 9.04. The summed E-state index contributed by atoms with van der Waals surface area (Å²) in [5.74, 6) is 1.14. The zero-order chi connectivity index (χ0) is 13.0. The van der Waals surface area contributed by atoms with Crippen molar-refractivity contribution in [1.82, 2.24) is 9.97 Å². The van der Waals surface area contributed by atoms with Crippen molar-refractivity contribution in [3.8, 4) is 11.6 Å². The molecule has 0 fully saturated rings. The molecule has 1 aromatic heterocycles. The van der Waals surface area contributed by atoms with Crippen LogP contribution in [0.1, 0.15) is 5.56 Å². The maximum absolute atomic E-state index is 5.74. The molecular weight excluding hydrogens is 275 g/mol. The first-order valence-electron chi connectivity index (χ1n) is 5.13. The van der Waals surface area contributed by atoms with Gasteiger partial charge in [-0.1, -0.05) is 23.7 Å². The first-order chi connectivity index (χ1) is 8.67. The van der Waals surface area contributed by atoms with Gasteiger partial charge in [-0.25, -0.2) is 4.98 Å². The van der Waals surface area contributed by atoms with E-state index in [1.807, 2.05) is 24.3 Å². The molecule has 0 aliphatic heterocycles. The van der Waals surface area contributed by atoms with Gasteiger partial charge < -0.3 is 9.47 Å². The number of halogens is 2. The molecular formula is C12H10Cl2N2O2. The molecule has 0 N–H and O–H groups in total. The van der Waals surface area contributed by atoms with Crippen LogP contribution in [-0.4, -0.2) is 17.1 Å². The number of nitrogens with zero attached hydrogens (tertiary/aromatic N) is 2. The molecule has 0 spiro atoms. The third-order valence-electron chi connectivity index (χ3n) is 2.19. The van der Waals surface area contributed by atoms with E-state index in [-0.39, 0.29) is 10.4 Å². The quantitative estimate of drug-likeness (QED) is 0.638. The van der Waals surface area contributed by atoms with Gasteiger partial charge in [0, 0.05) is 6.07 Å². The van der Waals surface area contributed by atoms with Crippen molar-refractivity contribution >= 4 is 23.2 Å². The van der Waals surface area contributed by atoms with Gasteiger partial charge in [0.05, 0.1) is 7.11 Å². The molecule has 2 rings (SSSR count). The predicted octanol–water partition coefficient (Wildman–Crippen LogP) is 3.37. The van der Waals surface area contributed by atoms with Crippen molar-refractivity contribution in [2.45, 2.75) is 6.61 Å². The van der Waals surface area contributed by atoms with E-state index in [0.29, 0.717) is 12.5 Å². The maximum atomic E-state index is 5.74. The summed E-state index contributed by atoms with van der Waals surface area (Å²) in [5.41, 5.74) is 0.988. The van der Waals surface area contributed by atoms with Crippen LogP contribution < -0.4 is 9.47 Å². The topological polar surface area (TPSA) is 44.2 Å². The molecule has 6 heteroatoms. The molecule has 0 atom stereocenters. The number of hydrogen-bond acceptors (Lipinski definition) is 4. The number of rotatable bonds is 4. The number of ether oxygens (including phenoxy) is 2. The lowest BCUT2D eigenvalue weighted by molar-refractivity contribution is 0.293. The fourth-order valence-corrected chi connectivity index (χ4v) is 1.71. The second-order valence-corrected chi connectivity index (χ2v) is 4.16. The molecule has 0 saturated heterocycles. The Morgan fingerprint density at radius 2 is 1.83 bits per heavy atom. The molecule has 0 amide bonds. The van der Waals surface area contributed by atoms with E-state index >= 15 is 0 Å². The first kappa shape index (κ1) is 12.9. The molecule has 0 radical (unpaired) electrons. The molecule has 0 aliphatic carbocycles. The van der Waals surface area contributed by atoms with Crippen LogP contribution in [0.4, 0.5) is 0 Å². The molecule has 0 unspecified atom stereocenters. The highest BCUT2D eigenvalue weighted by molar-refractivity contribution is 6.31. The largest absolute Gasteiger partial charge is 0.497 e. The van der Waals surface area contributed by atoms with E-state index in [1.165, 1.54) is 6.07 Å². The standard InChI is InChI=1S/C12H10Cl2N2O2/c1-17-9-4-2-8(3-5-9)7-18-11-6-10(13)15-12(14)16-11/h2-6H,7H2,1H3. The Hall–Kier alpha value is -1.52. The Balaban J connectivity index is 2.01. The highest BCUT2D eigenvalue weighted by Crippen LogP contribution is 2.18. The zero-order valence-electron chi connectivity index (χ0n) is 9.56. The minimum Gasteiger partial charge on any atom is -0.497 e. The van der Waals surface area contributed by atoms with Gasteiger partial charge in [0.2, 0.25) is 11.2 Å². The Labute approximate surface area is 114 Å². The van der Waals surface area contributed by atoms with Gasteiger partial charge in [-0.05, 0) is 29.3 Å². The van der Waals surface area contributed by atoms with Crippen LogP contribution in [0.25, 0.3) is 0 Å². The van der Waals surface area contributed by atoms with Crippen LogP contribution in [0.5, 0.6) is 11.6 Å². The van der Waals surface area contributed by atoms with Crippen LogP contribution >= 0.6 is 23.2 Å².